The summed E-state index contributed by atoms with van der Waals surface area (Å²) in [6, 6.07) is 19.4. The minimum absolute atomic E-state index is 0.00675. The van der Waals surface area contributed by atoms with Gasteiger partial charge in [0.15, 0.2) is 0 Å². The SMILES string of the molecule is CCOc1ccc(S(=O)(=O)N[C@H](Cc2ccccc2)C(=O)Nc2ccccc2F)cc1. The number of hydrogen-bond donors (Lipinski definition) is 2. The van der Waals surface area contributed by atoms with E-state index in [0.717, 1.165) is 5.56 Å². The predicted molar refractivity (Wildman–Crippen MR) is 117 cm³/mol. The van der Waals surface area contributed by atoms with Crippen LogP contribution in [-0.4, -0.2) is 27.0 Å². The van der Waals surface area contributed by atoms with Crippen molar-refractivity contribution in [1.82, 2.24) is 4.72 Å². The highest BCUT2D eigenvalue weighted by Gasteiger charge is 2.27. The Bertz CT molecular complexity index is 1120. The average Bonchev–Trinajstić information content (AvgIpc) is 2.76. The van der Waals surface area contributed by atoms with Gasteiger partial charge in [0.1, 0.15) is 17.6 Å². The predicted octanol–water partition coefficient (Wildman–Crippen LogP) is 3.75. The molecule has 0 saturated heterocycles. The Balaban J connectivity index is 1.84. The number of anilines is 1. The molecule has 162 valence electrons. The van der Waals surface area contributed by atoms with Gasteiger partial charge in [-0.1, -0.05) is 42.5 Å². The van der Waals surface area contributed by atoms with Crippen molar-refractivity contribution < 1.29 is 22.3 Å². The van der Waals surface area contributed by atoms with E-state index in [1.54, 1.807) is 42.5 Å². The Kier molecular flexibility index (Phi) is 7.38. The third-order valence-corrected chi connectivity index (χ3v) is 5.96. The molecule has 0 aliphatic heterocycles. The monoisotopic (exact) mass is 442 g/mol. The van der Waals surface area contributed by atoms with Crippen molar-refractivity contribution >= 4 is 21.6 Å². The number of para-hydroxylation sites is 1. The molecule has 0 spiro atoms. The molecule has 3 aromatic rings. The maximum Gasteiger partial charge on any atom is 0.242 e. The number of sulfonamides is 1. The topological polar surface area (TPSA) is 84.5 Å². The normalized spacial score (nSPS) is 12.2. The molecule has 1 amide bonds. The van der Waals surface area contributed by atoms with Crippen LogP contribution in [0.4, 0.5) is 10.1 Å². The molecule has 0 aliphatic carbocycles. The number of carbonyl (C=O) groups is 1. The average molecular weight is 443 g/mol. The standard InChI is InChI=1S/C23H23FN2O4S/c1-2-30-18-12-14-19(15-13-18)31(28,29)26-22(16-17-8-4-3-5-9-17)23(27)25-21-11-7-6-10-20(21)24/h3-15,22,26H,2,16H2,1H3,(H,25,27)/t22-/m1/s1. The van der Waals surface area contributed by atoms with Crippen LogP contribution in [0.2, 0.25) is 0 Å². The smallest absolute Gasteiger partial charge is 0.242 e. The maximum absolute atomic E-state index is 14.0. The summed E-state index contributed by atoms with van der Waals surface area (Å²) in [6.07, 6.45) is 0.0946. The van der Waals surface area contributed by atoms with Gasteiger partial charge >= 0.3 is 0 Å². The number of benzene rings is 3. The van der Waals surface area contributed by atoms with Crippen LogP contribution in [0, 0.1) is 5.82 Å². The Morgan fingerprint density at radius 1 is 0.968 bits per heavy atom. The molecular formula is C23H23FN2O4S. The second-order valence-corrected chi connectivity index (χ2v) is 8.45. The molecule has 0 radical (unpaired) electrons. The molecule has 31 heavy (non-hydrogen) atoms. The molecule has 2 N–H and O–H groups in total. The van der Waals surface area contributed by atoms with E-state index >= 15 is 0 Å². The number of carbonyl (C=O) groups excluding carboxylic acids is 1. The van der Waals surface area contributed by atoms with E-state index in [1.165, 1.54) is 30.3 Å². The second-order valence-electron chi connectivity index (χ2n) is 6.74. The first-order chi connectivity index (χ1) is 14.9. The van der Waals surface area contributed by atoms with E-state index in [0.29, 0.717) is 12.4 Å². The molecule has 0 fully saturated rings. The van der Waals surface area contributed by atoms with Gasteiger partial charge in [-0.2, -0.15) is 4.72 Å². The second kappa shape index (κ2) is 10.2. The molecule has 8 heteroatoms. The van der Waals surface area contributed by atoms with Crippen molar-refractivity contribution in [3.8, 4) is 5.75 Å². The van der Waals surface area contributed by atoms with Crippen molar-refractivity contribution in [2.75, 3.05) is 11.9 Å². The minimum Gasteiger partial charge on any atom is -0.494 e. The lowest BCUT2D eigenvalue weighted by Crippen LogP contribution is -2.45. The highest BCUT2D eigenvalue weighted by Crippen LogP contribution is 2.18. The van der Waals surface area contributed by atoms with E-state index in [2.05, 4.69) is 10.0 Å². The van der Waals surface area contributed by atoms with Gasteiger partial charge in [0, 0.05) is 0 Å². The molecule has 0 bridgehead atoms. The molecule has 3 rings (SSSR count). The molecule has 0 saturated carbocycles. The van der Waals surface area contributed by atoms with Crippen molar-refractivity contribution in [3.63, 3.8) is 0 Å². The van der Waals surface area contributed by atoms with Crippen LogP contribution in [0.15, 0.2) is 83.8 Å². The van der Waals surface area contributed by atoms with Crippen LogP contribution in [0.5, 0.6) is 5.75 Å². The van der Waals surface area contributed by atoms with Crippen molar-refractivity contribution in [3.05, 3.63) is 90.2 Å². The Hall–Kier alpha value is -3.23. The van der Waals surface area contributed by atoms with Crippen LogP contribution in [0.1, 0.15) is 12.5 Å². The molecule has 6 nitrogen and oxygen atoms in total. The lowest BCUT2D eigenvalue weighted by atomic mass is 10.1. The number of hydrogen-bond acceptors (Lipinski definition) is 4. The third-order valence-electron chi connectivity index (χ3n) is 4.47. The first-order valence-corrected chi connectivity index (χ1v) is 11.2. The molecular weight excluding hydrogens is 419 g/mol. The van der Waals surface area contributed by atoms with Gasteiger partial charge in [0.2, 0.25) is 15.9 Å². The quantitative estimate of drug-likeness (QED) is 0.529. The highest BCUT2D eigenvalue weighted by atomic mass is 32.2. The molecule has 1 atom stereocenters. The summed E-state index contributed by atoms with van der Waals surface area (Å²) in [5.41, 5.74) is 0.733. The fourth-order valence-corrected chi connectivity index (χ4v) is 4.15. The van der Waals surface area contributed by atoms with E-state index in [-0.39, 0.29) is 17.0 Å². The zero-order valence-corrected chi connectivity index (χ0v) is 17.7. The molecule has 0 unspecified atom stereocenters. The summed E-state index contributed by atoms with van der Waals surface area (Å²) in [6.45, 7) is 2.29. The number of ether oxygens (including phenoxy) is 1. The van der Waals surface area contributed by atoms with Gasteiger partial charge in [-0.25, -0.2) is 12.8 Å². The summed E-state index contributed by atoms with van der Waals surface area (Å²) in [7, 11) is -4.02. The summed E-state index contributed by atoms with van der Waals surface area (Å²) >= 11 is 0. The summed E-state index contributed by atoms with van der Waals surface area (Å²) in [4.78, 5) is 12.9. The Morgan fingerprint density at radius 3 is 2.26 bits per heavy atom. The van der Waals surface area contributed by atoms with Crippen LogP contribution in [0.3, 0.4) is 0 Å². The highest BCUT2D eigenvalue weighted by molar-refractivity contribution is 7.89. The van der Waals surface area contributed by atoms with Crippen molar-refractivity contribution in [2.45, 2.75) is 24.3 Å². The van der Waals surface area contributed by atoms with Gasteiger partial charge in [0.05, 0.1) is 17.2 Å². The van der Waals surface area contributed by atoms with Crippen LogP contribution in [0.25, 0.3) is 0 Å². The fraction of sp³-hybridized carbons (Fsp3) is 0.174. The van der Waals surface area contributed by atoms with Crippen LogP contribution >= 0.6 is 0 Å². The molecule has 0 aliphatic rings. The fourth-order valence-electron chi connectivity index (χ4n) is 2.96. The van der Waals surface area contributed by atoms with E-state index in [1.807, 2.05) is 13.0 Å². The van der Waals surface area contributed by atoms with Gasteiger partial charge < -0.3 is 10.1 Å². The molecule has 3 aromatic carbocycles. The summed E-state index contributed by atoms with van der Waals surface area (Å²) < 4.78 is 47.6. The van der Waals surface area contributed by atoms with Gasteiger partial charge in [0.25, 0.3) is 0 Å². The lowest BCUT2D eigenvalue weighted by Gasteiger charge is -2.19. The van der Waals surface area contributed by atoms with Crippen LogP contribution in [-0.2, 0) is 21.2 Å². The van der Waals surface area contributed by atoms with Crippen LogP contribution < -0.4 is 14.8 Å². The summed E-state index contributed by atoms with van der Waals surface area (Å²) in [5, 5.41) is 2.47. The zero-order chi connectivity index (χ0) is 22.3. The first-order valence-electron chi connectivity index (χ1n) is 9.73. The lowest BCUT2D eigenvalue weighted by molar-refractivity contribution is -0.117. The number of halogens is 1. The van der Waals surface area contributed by atoms with Gasteiger partial charge in [-0.3, -0.25) is 4.79 Å². The molecule has 0 aromatic heterocycles. The minimum atomic E-state index is -4.02. The van der Waals surface area contributed by atoms with Gasteiger partial charge in [-0.05, 0) is 55.3 Å². The van der Waals surface area contributed by atoms with Crippen molar-refractivity contribution in [1.29, 1.82) is 0 Å². The van der Waals surface area contributed by atoms with E-state index in [4.69, 9.17) is 4.74 Å². The Labute approximate surface area is 181 Å². The summed E-state index contributed by atoms with van der Waals surface area (Å²) in [5.74, 6) is -0.730. The van der Waals surface area contributed by atoms with Crippen molar-refractivity contribution in [2.24, 2.45) is 0 Å². The number of nitrogens with one attached hydrogen (secondary N) is 2. The molecule has 0 heterocycles. The zero-order valence-electron chi connectivity index (χ0n) is 16.9. The van der Waals surface area contributed by atoms with Gasteiger partial charge in [-0.15, -0.1) is 0 Å². The Morgan fingerprint density at radius 2 is 1.61 bits per heavy atom. The van der Waals surface area contributed by atoms with E-state index in [9.17, 15) is 17.6 Å². The number of amides is 1. The maximum atomic E-state index is 14.0. The van der Waals surface area contributed by atoms with E-state index < -0.39 is 27.8 Å². The number of rotatable bonds is 9. The largest absolute Gasteiger partial charge is 0.494 e. The third kappa shape index (κ3) is 6.13. The first kappa shape index (κ1) is 22.5.